The zero-order chi connectivity index (χ0) is 18.4. The Kier molecular flexibility index (Phi) is 5.70. The van der Waals surface area contributed by atoms with E-state index in [0.29, 0.717) is 10.9 Å². The third-order valence-corrected chi connectivity index (χ3v) is 4.32. The quantitative estimate of drug-likeness (QED) is 0.684. The number of carbonyl (C=O) groups is 1. The number of hydrogen-bond acceptors (Lipinski definition) is 6. The number of para-hydroxylation sites is 1. The first-order chi connectivity index (χ1) is 12.7. The van der Waals surface area contributed by atoms with Crippen molar-refractivity contribution >= 4 is 22.4 Å². The predicted molar refractivity (Wildman–Crippen MR) is 101 cm³/mol. The molecule has 1 amide bonds. The van der Waals surface area contributed by atoms with Gasteiger partial charge in [-0.15, -0.1) is 11.3 Å². The zero-order valence-corrected chi connectivity index (χ0v) is 15.2. The molecule has 7 heteroatoms. The molecular formula is C19H18N2O4S. The Bertz CT molecular complexity index is 877. The highest BCUT2D eigenvalue weighted by Crippen LogP contribution is 2.31. The van der Waals surface area contributed by atoms with Crippen molar-refractivity contribution in [2.45, 2.75) is 0 Å². The van der Waals surface area contributed by atoms with Crippen LogP contribution < -0.4 is 19.5 Å². The summed E-state index contributed by atoms with van der Waals surface area (Å²) in [7, 11) is 3.21. The molecule has 0 fully saturated rings. The minimum Gasteiger partial charge on any atom is -0.497 e. The number of ether oxygens (including phenoxy) is 3. The highest BCUT2D eigenvalue weighted by atomic mass is 32.1. The topological polar surface area (TPSA) is 69.7 Å². The summed E-state index contributed by atoms with van der Waals surface area (Å²) in [5.74, 6) is 1.78. The summed E-state index contributed by atoms with van der Waals surface area (Å²) in [6, 6.07) is 14.6. The third kappa shape index (κ3) is 4.31. The average Bonchev–Trinajstić information content (AvgIpc) is 3.15. The Balaban J connectivity index is 1.59. The van der Waals surface area contributed by atoms with E-state index >= 15 is 0 Å². The van der Waals surface area contributed by atoms with Crippen LogP contribution >= 0.6 is 11.3 Å². The number of carbonyl (C=O) groups excluding carboxylic acids is 1. The molecule has 6 nitrogen and oxygen atoms in total. The Labute approximate surface area is 155 Å². The van der Waals surface area contributed by atoms with Crippen LogP contribution in [0.4, 0.5) is 5.13 Å². The van der Waals surface area contributed by atoms with Crippen molar-refractivity contribution in [3.63, 3.8) is 0 Å². The summed E-state index contributed by atoms with van der Waals surface area (Å²) in [5, 5.41) is 5.12. The summed E-state index contributed by atoms with van der Waals surface area (Å²) in [6.07, 6.45) is 0. The smallest absolute Gasteiger partial charge is 0.264 e. The number of aromatic nitrogens is 1. The largest absolute Gasteiger partial charge is 0.497 e. The van der Waals surface area contributed by atoms with Gasteiger partial charge in [0.1, 0.15) is 17.2 Å². The normalized spacial score (nSPS) is 10.2. The first kappa shape index (κ1) is 17.8. The van der Waals surface area contributed by atoms with Crippen molar-refractivity contribution in [1.82, 2.24) is 4.98 Å². The van der Waals surface area contributed by atoms with Gasteiger partial charge in [-0.05, 0) is 36.4 Å². The average molecular weight is 370 g/mol. The maximum absolute atomic E-state index is 12.1. The van der Waals surface area contributed by atoms with Crippen LogP contribution in [-0.4, -0.2) is 31.7 Å². The number of benzene rings is 2. The van der Waals surface area contributed by atoms with E-state index in [0.717, 1.165) is 22.8 Å². The number of rotatable bonds is 7. The number of amides is 1. The van der Waals surface area contributed by atoms with E-state index in [1.165, 1.54) is 11.3 Å². The van der Waals surface area contributed by atoms with Crippen LogP contribution in [0.3, 0.4) is 0 Å². The lowest BCUT2D eigenvalue weighted by atomic mass is 10.1. The summed E-state index contributed by atoms with van der Waals surface area (Å²) in [6.45, 7) is -0.101. The molecule has 0 unspecified atom stereocenters. The molecule has 26 heavy (non-hydrogen) atoms. The van der Waals surface area contributed by atoms with E-state index in [-0.39, 0.29) is 12.5 Å². The van der Waals surface area contributed by atoms with E-state index in [4.69, 9.17) is 14.2 Å². The van der Waals surface area contributed by atoms with Crippen molar-refractivity contribution in [1.29, 1.82) is 0 Å². The molecule has 1 aromatic heterocycles. The van der Waals surface area contributed by atoms with Gasteiger partial charge < -0.3 is 14.2 Å². The molecule has 0 bridgehead atoms. The van der Waals surface area contributed by atoms with Crippen LogP contribution in [0.15, 0.2) is 53.9 Å². The second-order valence-electron chi connectivity index (χ2n) is 5.25. The van der Waals surface area contributed by atoms with Crippen molar-refractivity contribution in [2.24, 2.45) is 0 Å². The second kappa shape index (κ2) is 8.35. The standard InChI is InChI=1S/C19H18N2O4S/c1-23-13-7-9-14(10-8-13)25-11-18(22)21-19-20-16(12-26-19)15-5-3-4-6-17(15)24-2/h3-10,12H,11H2,1-2H3,(H,20,21,22). The van der Waals surface area contributed by atoms with Crippen molar-refractivity contribution in [3.8, 4) is 28.5 Å². The van der Waals surface area contributed by atoms with E-state index < -0.39 is 0 Å². The van der Waals surface area contributed by atoms with Crippen LogP contribution in [0.25, 0.3) is 11.3 Å². The van der Waals surface area contributed by atoms with E-state index in [2.05, 4.69) is 10.3 Å². The lowest BCUT2D eigenvalue weighted by molar-refractivity contribution is -0.118. The minimum atomic E-state index is -0.276. The molecule has 1 heterocycles. The van der Waals surface area contributed by atoms with Crippen LogP contribution in [0, 0.1) is 0 Å². The number of hydrogen-bond donors (Lipinski definition) is 1. The molecule has 0 aliphatic heterocycles. The molecule has 0 saturated carbocycles. The summed E-state index contributed by atoms with van der Waals surface area (Å²) in [4.78, 5) is 16.5. The van der Waals surface area contributed by atoms with Gasteiger partial charge >= 0.3 is 0 Å². The van der Waals surface area contributed by atoms with Gasteiger partial charge in [-0.2, -0.15) is 0 Å². The SMILES string of the molecule is COc1ccc(OCC(=O)Nc2nc(-c3ccccc3OC)cs2)cc1. The van der Waals surface area contributed by atoms with Gasteiger partial charge in [0.15, 0.2) is 11.7 Å². The predicted octanol–water partition coefficient (Wildman–Crippen LogP) is 3.84. The summed E-state index contributed by atoms with van der Waals surface area (Å²) < 4.78 is 15.9. The molecule has 0 spiro atoms. The summed E-state index contributed by atoms with van der Waals surface area (Å²) >= 11 is 1.35. The highest BCUT2D eigenvalue weighted by Gasteiger charge is 2.11. The molecule has 0 atom stereocenters. The Morgan fingerprint density at radius 3 is 2.50 bits per heavy atom. The lowest BCUT2D eigenvalue weighted by Gasteiger charge is -2.07. The van der Waals surface area contributed by atoms with Crippen LogP contribution in [0.2, 0.25) is 0 Å². The van der Waals surface area contributed by atoms with Gasteiger partial charge in [-0.3, -0.25) is 10.1 Å². The molecule has 1 N–H and O–H groups in total. The molecule has 0 aliphatic rings. The van der Waals surface area contributed by atoms with E-state index in [9.17, 15) is 4.79 Å². The molecule has 0 radical (unpaired) electrons. The first-order valence-electron chi connectivity index (χ1n) is 7.85. The first-order valence-corrected chi connectivity index (χ1v) is 8.73. The van der Waals surface area contributed by atoms with Gasteiger partial charge in [0, 0.05) is 10.9 Å². The van der Waals surface area contributed by atoms with Crippen molar-refractivity contribution in [3.05, 3.63) is 53.9 Å². The van der Waals surface area contributed by atoms with Crippen molar-refractivity contribution < 1.29 is 19.0 Å². The zero-order valence-electron chi connectivity index (χ0n) is 14.4. The van der Waals surface area contributed by atoms with Gasteiger partial charge in [-0.25, -0.2) is 4.98 Å². The molecule has 3 aromatic rings. The molecule has 134 valence electrons. The maximum atomic E-state index is 12.1. The minimum absolute atomic E-state index is 0.101. The number of anilines is 1. The molecule has 3 rings (SSSR count). The second-order valence-corrected chi connectivity index (χ2v) is 6.11. The molecule has 0 saturated heterocycles. The van der Waals surface area contributed by atoms with E-state index in [1.807, 2.05) is 29.6 Å². The van der Waals surface area contributed by atoms with Gasteiger partial charge in [0.2, 0.25) is 0 Å². The Morgan fingerprint density at radius 2 is 1.77 bits per heavy atom. The fraction of sp³-hybridized carbons (Fsp3) is 0.158. The van der Waals surface area contributed by atoms with Gasteiger partial charge in [0.25, 0.3) is 5.91 Å². The molecular weight excluding hydrogens is 352 g/mol. The number of thiazole rings is 1. The maximum Gasteiger partial charge on any atom is 0.264 e. The molecule has 0 aliphatic carbocycles. The highest BCUT2D eigenvalue weighted by molar-refractivity contribution is 7.14. The Hall–Kier alpha value is -3.06. The van der Waals surface area contributed by atoms with E-state index in [1.54, 1.807) is 38.5 Å². The number of nitrogens with zero attached hydrogens (tertiary/aromatic N) is 1. The van der Waals surface area contributed by atoms with Gasteiger partial charge in [-0.1, -0.05) is 12.1 Å². The Morgan fingerprint density at radius 1 is 1.04 bits per heavy atom. The van der Waals surface area contributed by atoms with Crippen LogP contribution in [0.1, 0.15) is 0 Å². The fourth-order valence-corrected chi connectivity index (χ4v) is 3.01. The number of nitrogens with one attached hydrogen (secondary N) is 1. The monoisotopic (exact) mass is 370 g/mol. The van der Waals surface area contributed by atoms with Crippen molar-refractivity contribution in [2.75, 3.05) is 26.1 Å². The van der Waals surface area contributed by atoms with Gasteiger partial charge in [0.05, 0.1) is 19.9 Å². The van der Waals surface area contributed by atoms with Crippen LogP contribution in [0.5, 0.6) is 17.2 Å². The summed E-state index contributed by atoms with van der Waals surface area (Å²) in [5.41, 5.74) is 1.63. The van der Waals surface area contributed by atoms with Crippen LogP contribution in [-0.2, 0) is 4.79 Å². The fourth-order valence-electron chi connectivity index (χ4n) is 2.29. The third-order valence-electron chi connectivity index (χ3n) is 3.56. The number of methoxy groups -OCH3 is 2. The molecule has 2 aromatic carbocycles. The lowest BCUT2D eigenvalue weighted by Crippen LogP contribution is -2.20.